The van der Waals surface area contributed by atoms with Gasteiger partial charge >= 0.3 is 5.97 Å². The van der Waals surface area contributed by atoms with Crippen molar-refractivity contribution in [1.82, 2.24) is 0 Å². The molecule has 9 heteroatoms. The molecule has 1 N–H and O–H groups in total. The lowest BCUT2D eigenvalue weighted by molar-refractivity contribution is 0.0712. The first kappa shape index (κ1) is 16.5. The average Bonchev–Trinajstić information content (AvgIpc) is 2.55. The van der Waals surface area contributed by atoms with Crippen molar-refractivity contribution in [3.63, 3.8) is 0 Å². The van der Waals surface area contributed by atoms with Gasteiger partial charge in [0, 0.05) is 0 Å². The van der Waals surface area contributed by atoms with E-state index in [4.69, 9.17) is 4.74 Å². The molecule has 122 valence electrons. The van der Waals surface area contributed by atoms with Crippen LogP contribution in [0.1, 0.15) is 10.4 Å². The molecule has 0 spiro atoms. The molecule has 0 bridgehead atoms. The predicted molar refractivity (Wildman–Crippen MR) is 65.8 cm³/mol. The molecule has 4 nitrogen and oxygen atoms in total. The lowest BCUT2D eigenvalue weighted by Gasteiger charge is -2.10. The summed E-state index contributed by atoms with van der Waals surface area (Å²) in [6.45, 7) is 0. The van der Waals surface area contributed by atoms with Crippen LogP contribution >= 0.6 is 0 Å². The Hall–Kier alpha value is -2.84. The number of carbonyl (C=O) groups is 1. The molecule has 2 rings (SSSR count). The summed E-state index contributed by atoms with van der Waals surface area (Å²) in [5, 5.41) is 9.71. The molecule has 0 fully saturated rings. The number of halogens is 5. The molecule has 0 unspecified atom stereocenters. The van der Waals surface area contributed by atoms with Crippen LogP contribution in [0.3, 0.4) is 0 Å². The van der Waals surface area contributed by atoms with E-state index in [2.05, 4.69) is 4.74 Å². The van der Waals surface area contributed by atoms with Crippen molar-refractivity contribution in [3.8, 4) is 17.2 Å². The van der Waals surface area contributed by atoms with Crippen molar-refractivity contribution in [2.75, 3.05) is 7.11 Å². The summed E-state index contributed by atoms with van der Waals surface area (Å²) < 4.78 is 74.8. The van der Waals surface area contributed by atoms with Crippen molar-refractivity contribution >= 4 is 5.97 Å². The Kier molecular flexibility index (Phi) is 4.39. The van der Waals surface area contributed by atoms with E-state index in [0.717, 1.165) is 6.07 Å². The number of phenols is 1. The van der Waals surface area contributed by atoms with E-state index >= 15 is 0 Å². The van der Waals surface area contributed by atoms with Crippen LogP contribution in [0.4, 0.5) is 22.0 Å². The van der Waals surface area contributed by atoms with E-state index in [0.29, 0.717) is 0 Å². The number of benzene rings is 2. The minimum atomic E-state index is -2.39. The smallest absolute Gasteiger partial charge is 0.347 e. The lowest BCUT2D eigenvalue weighted by Crippen LogP contribution is -2.14. The maximum absolute atomic E-state index is 13.4. The molecule has 0 aliphatic heterocycles. The molecule has 0 radical (unpaired) electrons. The van der Waals surface area contributed by atoms with Gasteiger partial charge in [-0.2, -0.15) is 8.78 Å². The van der Waals surface area contributed by atoms with Crippen LogP contribution < -0.4 is 9.47 Å². The average molecular weight is 334 g/mol. The molecule has 0 aliphatic rings. The molecule has 0 amide bonds. The van der Waals surface area contributed by atoms with Crippen LogP contribution in [-0.2, 0) is 0 Å². The fraction of sp³-hybridized carbons (Fsp3) is 0.0714. The van der Waals surface area contributed by atoms with Crippen molar-refractivity contribution in [2.45, 2.75) is 0 Å². The Morgan fingerprint density at radius 1 is 0.957 bits per heavy atom. The fourth-order valence-electron chi connectivity index (χ4n) is 1.67. The Balaban J connectivity index is 2.47. The predicted octanol–water partition coefficient (Wildman–Crippen LogP) is 3.32. The molecule has 23 heavy (non-hydrogen) atoms. The molecular formula is C14H7F5O4. The number of rotatable bonds is 3. The van der Waals surface area contributed by atoms with Crippen LogP contribution in [0.2, 0.25) is 0 Å². The zero-order chi connectivity index (χ0) is 17.3. The van der Waals surface area contributed by atoms with Crippen LogP contribution in [0.15, 0.2) is 18.2 Å². The summed E-state index contributed by atoms with van der Waals surface area (Å²) in [4.78, 5) is 11.8. The molecule has 2 aromatic rings. The number of hydrogen-bond donors (Lipinski definition) is 1. The number of para-hydroxylation sites is 1. The monoisotopic (exact) mass is 334 g/mol. The highest BCUT2D eigenvalue weighted by Gasteiger charge is 2.29. The highest BCUT2D eigenvalue weighted by molar-refractivity contribution is 5.94. The third-order valence-electron chi connectivity index (χ3n) is 2.80. The van der Waals surface area contributed by atoms with E-state index in [-0.39, 0.29) is 5.75 Å². The SMILES string of the molecule is COc1cccc(C(=O)Oc2c(F)c(F)c(F)c(F)c2F)c1O. The van der Waals surface area contributed by atoms with E-state index in [1.54, 1.807) is 0 Å². The first-order valence-electron chi connectivity index (χ1n) is 5.89. The number of methoxy groups -OCH3 is 1. The van der Waals surface area contributed by atoms with E-state index in [9.17, 15) is 31.9 Å². The molecule has 0 saturated carbocycles. The number of ether oxygens (including phenoxy) is 2. The Bertz CT molecular complexity index is 762. The van der Waals surface area contributed by atoms with Gasteiger partial charge in [0.05, 0.1) is 7.11 Å². The Labute approximate surface area is 125 Å². The zero-order valence-corrected chi connectivity index (χ0v) is 11.3. The second-order valence-corrected chi connectivity index (χ2v) is 4.14. The maximum Gasteiger partial charge on any atom is 0.347 e. The first-order chi connectivity index (χ1) is 10.8. The summed E-state index contributed by atoms with van der Waals surface area (Å²) in [5.74, 6) is -15.7. The van der Waals surface area contributed by atoms with Crippen molar-refractivity contribution < 1.29 is 41.3 Å². The number of esters is 1. The molecular weight excluding hydrogens is 327 g/mol. The minimum absolute atomic E-state index is 0.156. The minimum Gasteiger partial charge on any atom is -0.504 e. The third-order valence-corrected chi connectivity index (χ3v) is 2.80. The van der Waals surface area contributed by atoms with Gasteiger partial charge in [0.2, 0.25) is 34.8 Å². The van der Waals surface area contributed by atoms with Crippen LogP contribution in [-0.4, -0.2) is 18.2 Å². The van der Waals surface area contributed by atoms with Crippen LogP contribution in [0.5, 0.6) is 17.2 Å². The van der Waals surface area contributed by atoms with Crippen molar-refractivity contribution in [2.24, 2.45) is 0 Å². The second kappa shape index (κ2) is 6.11. The standard InChI is InChI=1S/C14H7F5O4/c1-22-6-4-2-3-5(12(6)20)14(21)23-13-10(18)8(16)7(15)9(17)11(13)19/h2-4,20H,1H3. The summed E-state index contributed by atoms with van der Waals surface area (Å²) >= 11 is 0. The van der Waals surface area contributed by atoms with Crippen molar-refractivity contribution in [1.29, 1.82) is 0 Å². The summed E-state index contributed by atoms with van der Waals surface area (Å²) in [7, 11) is 1.17. The van der Waals surface area contributed by atoms with Crippen molar-refractivity contribution in [3.05, 3.63) is 52.8 Å². The summed E-state index contributed by atoms with van der Waals surface area (Å²) in [6, 6.07) is 3.52. The lowest BCUT2D eigenvalue weighted by atomic mass is 10.2. The highest BCUT2D eigenvalue weighted by Crippen LogP contribution is 2.33. The van der Waals surface area contributed by atoms with Gasteiger partial charge in [-0.25, -0.2) is 18.0 Å². The van der Waals surface area contributed by atoms with Gasteiger partial charge in [-0.05, 0) is 12.1 Å². The Morgan fingerprint density at radius 2 is 1.48 bits per heavy atom. The number of hydrogen-bond acceptors (Lipinski definition) is 4. The van der Waals surface area contributed by atoms with Gasteiger partial charge in [-0.3, -0.25) is 0 Å². The van der Waals surface area contributed by atoms with E-state index in [1.807, 2.05) is 0 Å². The van der Waals surface area contributed by atoms with Crippen LogP contribution in [0.25, 0.3) is 0 Å². The van der Waals surface area contributed by atoms with Gasteiger partial charge in [0.1, 0.15) is 5.56 Å². The largest absolute Gasteiger partial charge is 0.504 e. The molecule has 0 aliphatic carbocycles. The Morgan fingerprint density at radius 3 is 2.00 bits per heavy atom. The van der Waals surface area contributed by atoms with Gasteiger partial charge in [0.25, 0.3) is 0 Å². The second-order valence-electron chi connectivity index (χ2n) is 4.14. The zero-order valence-electron chi connectivity index (χ0n) is 11.3. The molecule has 0 atom stereocenters. The van der Waals surface area contributed by atoms with Gasteiger partial charge in [-0.15, -0.1) is 0 Å². The summed E-state index contributed by atoms with van der Waals surface area (Å²) in [5.41, 5.74) is -0.590. The van der Waals surface area contributed by atoms with Gasteiger partial charge in [0.15, 0.2) is 11.5 Å². The number of phenolic OH excluding ortho intramolecular Hbond substituents is 1. The maximum atomic E-state index is 13.4. The highest BCUT2D eigenvalue weighted by atomic mass is 19.2. The third kappa shape index (κ3) is 2.77. The molecule has 2 aromatic carbocycles. The normalized spacial score (nSPS) is 10.5. The van der Waals surface area contributed by atoms with Crippen LogP contribution in [0, 0.1) is 29.1 Å². The number of carbonyl (C=O) groups excluding carboxylic acids is 1. The molecule has 0 aromatic heterocycles. The van der Waals surface area contributed by atoms with Gasteiger partial charge < -0.3 is 14.6 Å². The summed E-state index contributed by atoms with van der Waals surface area (Å²) in [6.07, 6.45) is 0. The van der Waals surface area contributed by atoms with Gasteiger partial charge in [-0.1, -0.05) is 6.07 Å². The first-order valence-corrected chi connectivity index (χ1v) is 5.89. The quantitative estimate of drug-likeness (QED) is 0.308. The molecule has 0 heterocycles. The molecule has 0 saturated heterocycles. The van der Waals surface area contributed by atoms with E-state index < -0.39 is 52.1 Å². The van der Waals surface area contributed by atoms with E-state index in [1.165, 1.54) is 19.2 Å². The number of aromatic hydroxyl groups is 1. The topological polar surface area (TPSA) is 55.8 Å². The fourth-order valence-corrected chi connectivity index (χ4v) is 1.67.